The highest BCUT2D eigenvalue weighted by Crippen LogP contribution is 2.35. The topological polar surface area (TPSA) is 54.7 Å². The lowest BCUT2D eigenvalue weighted by Gasteiger charge is -2.10. The molecule has 0 amide bonds. The molecule has 0 fully saturated rings. The van der Waals surface area contributed by atoms with Crippen LogP contribution in [-0.2, 0) is 6.18 Å². The van der Waals surface area contributed by atoms with Gasteiger partial charge in [-0.3, -0.25) is 0 Å². The summed E-state index contributed by atoms with van der Waals surface area (Å²) in [6.45, 7) is 1.73. The molecule has 18 heavy (non-hydrogen) atoms. The van der Waals surface area contributed by atoms with Crippen LogP contribution in [0.15, 0.2) is 30.5 Å². The van der Waals surface area contributed by atoms with Crippen molar-refractivity contribution in [2.45, 2.75) is 19.1 Å². The maximum atomic E-state index is 12.8. The van der Waals surface area contributed by atoms with E-state index in [1.54, 1.807) is 13.0 Å². The number of alkyl halides is 3. The minimum Gasteiger partial charge on any atom is -0.341 e. The van der Waals surface area contributed by atoms with E-state index in [-0.39, 0.29) is 17.4 Å². The zero-order valence-corrected chi connectivity index (χ0v) is 9.62. The molecule has 0 spiro atoms. The number of nitrogens with one attached hydrogen (secondary N) is 1. The van der Waals surface area contributed by atoms with Gasteiger partial charge in [-0.1, -0.05) is 18.2 Å². The molecule has 0 bridgehead atoms. The minimum absolute atomic E-state index is 0.0249. The highest BCUT2D eigenvalue weighted by Gasteiger charge is 2.33. The molecule has 3 N–H and O–H groups in total. The number of aromatic nitrogens is 2. The Bertz CT molecular complexity index is 543. The van der Waals surface area contributed by atoms with Crippen molar-refractivity contribution in [3.05, 3.63) is 41.7 Å². The molecule has 1 unspecified atom stereocenters. The van der Waals surface area contributed by atoms with Gasteiger partial charge < -0.3 is 10.7 Å². The fraction of sp³-hybridized carbons (Fsp3) is 0.250. The van der Waals surface area contributed by atoms with Gasteiger partial charge in [-0.2, -0.15) is 13.2 Å². The first-order valence-corrected chi connectivity index (χ1v) is 5.36. The average Bonchev–Trinajstić information content (AvgIpc) is 2.77. The van der Waals surface area contributed by atoms with Gasteiger partial charge in [-0.05, 0) is 13.0 Å². The van der Waals surface area contributed by atoms with E-state index >= 15 is 0 Å². The maximum Gasteiger partial charge on any atom is 0.417 e. The van der Waals surface area contributed by atoms with Crippen molar-refractivity contribution in [1.29, 1.82) is 0 Å². The number of hydrogen-bond acceptors (Lipinski definition) is 2. The molecule has 0 radical (unpaired) electrons. The lowest BCUT2D eigenvalue weighted by Crippen LogP contribution is -2.08. The standard InChI is InChI=1S/C12H12F3N3/c1-7(16)10-6-17-11(18-10)8-4-2-3-5-9(8)12(13,14)15/h2-7H,16H2,1H3,(H,17,18). The Kier molecular flexibility index (Phi) is 3.13. The van der Waals surface area contributed by atoms with Crippen LogP contribution in [0.25, 0.3) is 11.4 Å². The SMILES string of the molecule is CC(N)c1cnc(-c2ccccc2C(F)(F)F)[nH]1. The van der Waals surface area contributed by atoms with Gasteiger partial charge in [-0.15, -0.1) is 0 Å². The number of aromatic amines is 1. The van der Waals surface area contributed by atoms with Crippen LogP contribution in [0.1, 0.15) is 24.2 Å². The van der Waals surface area contributed by atoms with E-state index in [4.69, 9.17) is 5.73 Å². The summed E-state index contributed by atoms with van der Waals surface area (Å²) in [5.74, 6) is 0.176. The maximum absolute atomic E-state index is 12.8. The molecule has 0 aliphatic rings. The van der Waals surface area contributed by atoms with Crippen LogP contribution in [0.4, 0.5) is 13.2 Å². The zero-order valence-electron chi connectivity index (χ0n) is 9.62. The van der Waals surface area contributed by atoms with E-state index in [9.17, 15) is 13.2 Å². The lowest BCUT2D eigenvalue weighted by atomic mass is 10.1. The molecular formula is C12H12F3N3. The fourth-order valence-corrected chi connectivity index (χ4v) is 1.64. The third kappa shape index (κ3) is 2.38. The van der Waals surface area contributed by atoms with Gasteiger partial charge in [0, 0.05) is 11.6 Å². The van der Waals surface area contributed by atoms with E-state index < -0.39 is 11.7 Å². The summed E-state index contributed by atoms with van der Waals surface area (Å²) < 4.78 is 38.5. The Labute approximate surface area is 102 Å². The Morgan fingerprint density at radius 1 is 1.28 bits per heavy atom. The van der Waals surface area contributed by atoms with Crippen molar-refractivity contribution in [3.8, 4) is 11.4 Å². The Hall–Kier alpha value is -1.82. The number of nitrogens with zero attached hydrogens (tertiary/aromatic N) is 1. The van der Waals surface area contributed by atoms with E-state index in [0.717, 1.165) is 6.07 Å². The summed E-state index contributed by atoms with van der Waals surface area (Å²) in [5.41, 5.74) is 5.55. The quantitative estimate of drug-likeness (QED) is 0.866. The van der Waals surface area contributed by atoms with Gasteiger partial charge in [0.15, 0.2) is 0 Å². The normalized spacial score (nSPS) is 13.6. The van der Waals surface area contributed by atoms with E-state index in [1.165, 1.54) is 18.3 Å². The van der Waals surface area contributed by atoms with E-state index in [2.05, 4.69) is 9.97 Å². The molecule has 96 valence electrons. The third-order valence-corrected chi connectivity index (χ3v) is 2.57. The Morgan fingerprint density at radius 2 is 1.94 bits per heavy atom. The van der Waals surface area contributed by atoms with Crippen molar-refractivity contribution in [1.82, 2.24) is 9.97 Å². The Balaban J connectivity index is 2.50. The van der Waals surface area contributed by atoms with Gasteiger partial charge in [-0.25, -0.2) is 4.98 Å². The molecule has 0 aliphatic heterocycles. The van der Waals surface area contributed by atoms with Crippen LogP contribution < -0.4 is 5.73 Å². The van der Waals surface area contributed by atoms with Gasteiger partial charge in [0.25, 0.3) is 0 Å². The number of rotatable bonds is 2. The number of nitrogens with two attached hydrogens (primary N) is 1. The highest BCUT2D eigenvalue weighted by atomic mass is 19.4. The fourth-order valence-electron chi connectivity index (χ4n) is 1.64. The smallest absolute Gasteiger partial charge is 0.341 e. The second-order valence-electron chi connectivity index (χ2n) is 4.02. The predicted molar refractivity (Wildman–Crippen MR) is 61.6 cm³/mol. The number of benzene rings is 1. The molecule has 1 atom stereocenters. The summed E-state index contributed by atoms with van der Waals surface area (Å²) in [7, 11) is 0. The van der Waals surface area contributed by atoms with Crippen LogP contribution >= 0.6 is 0 Å². The molecule has 2 rings (SSSR count). The molecule has 3 nitrogen and oxygen atoms in total. The van der Waals surface area contributed by atoms with Crippen LogP contribution in [0, 0.1) is 0 Å². The number of halogens is 3. The van der Waals surface area contributed by atoms with Crippen molar-refractivity contribution in [2.75, 3.05) is 0 Å². The van der Waals surface area contributed by atoms with Gasteiger partial charge in [0.05, 0.1) is 17.5 Å². The molecule has 0 saturated heterocycles. The lowest BCUT2D eigenvalue weighted by molar-refractivity contribution is -0.137. The van der Waals surface area contributed by atoms with Crippen LogP contribution in [0.3, 0.4) is 0 Å². The molecular weight excluding hydrogens is 243 g/mol. The first-order chi connectivity index (χ1) is 8.39. The molecule has 6 heteroatoms. The average molecular weight is 255 g/mol. The monoisotopic (exact) mass is 255 g/mol. The first-order valence-electron chi connectivity index (χ1n) is 5.36. The molecule has 2 aromatic rings. The Morgan fingerprint density at radius 3 is 2.50 bits per heavy atom. The summed E-state index contributed by atoms with van der Waals surface area (Å²) >= 11 is 0. The van der Waals surface area contributed by atoms with E-state index in [0.29, 0.717) is 5.69 Å². The summed E-state index contributed by atoms with van der Waals surface area (Å²) in [4.78, 5) is 6.75. The molecule has 1 heterocycles. The predicted octanol–water partition coefficient (Wildman–Crippen LogP) is 3.12. The van der Waals surface area contributed by atoms with Gasteiger partial charge in [0.1, 0.15) is 5.82 Å². The van der Waals surface area contributed by atoms with Crippen molar-refractivity contribution < 1.29 is 13.2 Å². The number of imidazole rings is 1. The number of hydrogen-bond donors (Lipinski definition) is 2. The summed E-state index contributed by atoms with van der Waals surface area (Å²) in [5, 5.41) is 0. The second kappa shape index (κ2) is 4.45. The highest BCUT2D eigenvalue weighted by molar-refractivity contribution is 5.61. The second-order valence-corrected chi connectivity index (χ2v) is 4.02. The molecule has 0 aliphatic carbocycles. The molecule has 1 aromatic carbocycles. The van der Waals surface area contributed by atoms with Crippen molar-refractivity contribution in [2.24, 2.45) is 5.73 Å². The van der Waals surface area contributed by atoms with E-state index in [1.807, 2.05) is 0 Å². The first kappa shape index (κ1) is 12.6. The van der Waals surface area contributed by atoms with Crippen LogP contribution in [-0.4, -0.2) is 9.97 Å². The number of H-pyrrole nitrogens is 1. The summed E-state index contributed by atoms with van der Waals surface area (Å²) in [6.07, 6.45) is -2.95. The minimum atomic E-state index is -4.40. The molecule has 1 aromatic heterocycles. The van der Waals surface area contributed by atoms with Gasteiger partial charge in [0.2, 0.25) is 0 Å². The van der Waals surface area contributed by atoms with Crippen molar-refractivity contribution in [3.63, 3.8) is 0 Å². The van der Waals surface area contributed by atoms with Gasteiger partial charge >= 0.3 is 6.18 Å². The third-order valence-electron chi connectivity index (χ3n) is 2.57. The largest absolute Gasteiger partial charge is 0.417 e. The van der Waals surface area contributed by atoms with Crippen molar-refractivity contribution >= 4 is 0 Å². The molecule has 0 saturated carbocycles. The zero-order chi connectivity index (χ0) is 13.3. The van der Waals surface area contributed by atoms with Crippen LogP contribution in [0.2, 0.25) is 0 Å². The summed E-state index contributed by atoms with van der Waals surface area (Å²) in [6, 6.07) is 5.00. The van der Waals surface area contributed by atoms with Crippen LogP contribution in [0.5, 0.6) is 0 Å².